The van der Waals surface area contributed by atoms with Crippen molar-refractivity contribution in [1.82, 2.24) is 9.78 Å². The van der Waals surface area contributed by atoms with Gasteiger partial charge in [-0.2, -0.15) is 5.10 Å². The summed E-state index contributed by atoms with van der Waals surface area (Å²) in [6, 6.07) is 0. The summed E-state index contributed by atoms with van der Waals surface area (Å²) in [5.74, 6) is 0. The first kappa shape index (κ1) is 14.1. The molecule has 1 unspecified atom stereocenters. The van der Waals surface area contributed by atoms with Gasteiger partial charge in [0.15, 0.2) is 5.44 Å². The zero-order valence-corrected chi connectivity index (χ0v) is 10.9. The molecule has 0 radical (unpaired) electrons. The van der Waals surface area contributed by atoms with Crippen molar-refractivity contribution in [2.75, 3.05) is 0 Å². The van der Waals surface area contributed by atoms with Crippen molar-refractivity contribution in [3.8, 4) is 0 Å². The Hall–Kier alpha value is 0.0800. The van der Waals surface area contributed by atoms with E-state index in [0.29, 0.717) is 5.69 Å². The van der Waals surface area contributed by atoms with Crippen LogP contribution in [0.2, 0.25) is 0 Å². The molecule has 0 saturated carbocycles. The minimum atomic E-state index is -4.71. The van der Waals surface area contributed by atoms with E-state index in [1.54, 1.807) is 7.05 Å². The van der Waals surface area contributed by atoms with E-state index in [1.807, 2.05) is 0 Å². The Morgan fingerprint density at radius 1 is 1.64 bits per heavy atom. The number of aryl methyl sites for hydroxylation is 2. The molecular formula is C6H9N2NaO4S. The molecule has 74 valence electrons. The molecule has 0 aliphatic carbocycles. The van der Waals surface area contributed by atoms with Crippen LogP contribution in [0.25, 0.3) is 0 Å². The number of aromatic nitrogens is 2. The maximum absolute atomic E-state index is 10.5. The standard InChI is InChI=1S/C6H10N2O4S.Na/c1-4-5(3-8(2)7-4)6(9)13(10,11)12;/h3,6,9H,1-2H3,(H,10,11,12);/q;+1/p-1. The molecule has 0 aliphatic heterocycles. The fraction of sp³-hybridized carbons (Fsp3) is 0.500. The second-order valence-corrected chi connectivity index (χ2v) is 4.12. The van der Waals surface area contributed by atoms with E-state index in [9.17, 15) is 13.0 Å². The fourth-order valence-electron chi connectivity index (χ4n) is 1.02. The predicted molar refractivity (Wildman–Crippen MR) is 42.6 cm³/mol. The molecule has 0 aliphatic rings. The minimum absolute atomic E-state index is 0. The molecule has 0 spiro atoms. The number of hydrogen-bond acceptors (Lipinski definition) is 5. The number of nitrogens with zero attached hydrogens (tertiary/aromatic N) is 2. The van der Waals surface area contributed by atoms with Crippen LogP contribution in [-0.4, -0.2) is 27.9 Å². The van der Waals surface area contributed by atoms with Gasteiger partial charge in [0.25, 0.3) is 0 Å². The first-order valence-corrected chi connectivity index (χ1v) is 4.92. The molecular weight excluding hydrogens is 219 g/mol. The maximum Gasteiger partial charge on any atom is 1.00 e. The maximum atomic E-state index is 10.5. The SMILES string of the molecule is Cc1nn(C)cc1C(O)S(=O)(=O)[O-].[Na+]. The Labute approximate surface area is 104 Å². The average Bonchev–Trinajstić information content (AvgIpc) is 2.26. The van der Waals surface area contributed by atoms with Gasteiger partial charge < -0.3 is 9.66 Å². The smallest absolute Gasteiger partial charge is 0.746 e. The monoisotopic (exact) mass is 228 g/mol. The molecule has 1 aromatic heterocycles. The molecule has 0 amide bonds. The van der Waals surface area contributed by atoms with Gasteiger partial charge in [0, 0.05) is 18.8 Å². The van der Waals surface area contributed by atoms with Gasteiger partial charge in [0.05, 0.1) is 5.69 Å². The summed E-state index contributed by atoms with van der Waals surface area (Å²) in [5, 5.41) is 12.9. The van der Waals surface area contributed by atoms with Gasteiger partial charge in [0.1, 0.15) is 10.1 Å². The van der Waals surface area contributed by atoms with Gasteiger partial charge in [-0.15, -0.1) is 0 Å². The molecule has 8 heteroatoms. The van der Waals surface area contributed by atoms with Crippen molar-refractivity contribution in [3.05, 3.63) is 17.5 Å². The van der Waals surface area contributed by atoms with Gasteiger partial charge in [-0.1, -0.05) is 0 Å². The summed E-state index contributed by atoms with van der Waals surface area (Å²) in [6.45, 7) is 1.52. The first-order valence-electron chi connectivity index (χ1n) is 3.45. The average molecular weight is 228 g/mol. The molecule has 1 aromatic rings. The molecule has 0 bridgehead atoms. The van der Waals surface area contributed by atoms with Crippen molar-refractivity contribution in [2.24, 2.45) is 7.05 Å². The fourth-order valence-corrected chi connectivity index (χ4v) is 1.56. The van der Waals surface area contributed by atoms with Crippen molar-refractivity contribution in [1.29, 1.82) is 0 Å². The van der Waals surface area contributed by atoms with Crippen LogP contribution in [0.15, 0.2) is 6.20 Å². The first-order chi connectivity index (χ1) is 5.82. The number of hydrogen-bond donors (Lipinski definition) is 1. The van der Waals surface area contributed by atoms with Gasteiger partial charge in [-0.05, 0) is 6.92 Å². The van der Waals surface area contributed by atoms with E-state index in [0.717, 1.165) is 0 Å². The number of aliphatic hydroxyl groups excluding tert-OH is 1. The second-order valence-electron chi connectivity index (χ2n) is 2.69. The van der Waals surface area contributed by atoms with Crippen LogP contribution >= 0.6 is 0 Å². The third kappa shape index (κ3) is 3.04. The molecule has 14 heavy (non-hydrogen) atoms. The van der Waals surface area contributed by atoms with E-state index in [2.05, 4.69) is 5.10 Å². The van der Waals surface area contributed by atoms with Crippen LogP contribution in [0.5, 0.6) is 0 Å². The van der Waals surface area contributed by atoms with Crippen LogP contribution in [0.3, 0.4) is 0 Å². The third-order valence-electron chi connectivity index (χ3n) is 1.59. The van der Waals surface area contributed by atoms with Crippen molar-refractivity contribution < 1.29 is 47.6 Å². The second kappa shape index (κ2) is 4.73. The van der Waals surface area contributed by atoms with Crippen molar-refractivity contribution in [3.63, 3.8) is 0 Å². The van der Waals surface area contributed by atoms with Crippen LogP contribution in [-0.2, 0) is 17.2 Å². The summed E-state index contributed by atoms with van der Waals surface area (Å²) < 4.78 is 32.7. The summed E-state index contributed by atoms with van der Waals surface area (Å²) in [7, 11) is -3.14. The Kier molecular flexibility index (Phi) is 4.76. The Bertz CT molecular complexity index is 413. The minimum Gasteiger partial charge on any atom is -0.746 e. The van der Waals surface area contributed by atoms with E-state index in [-0.39, 0.29) is 35.1 Å². The van der Waals surface area contributed by atoms with E-state index >= 15 is 0 Å². The molecule has 0 fully saturated rings. The molecule has 1 N–H and O–H groups in total. The topological polar surface area (TPSA) is 95.2 Å². The summed E-state index contributed by atoms with van der Waals surface area (Å²) >= 11 is 0. The molecule has 1 atom stereocenters. The Morgan fingerprint density at radius 2 is 2.14 bits per heavy atom. The summed E-state index contributed by atoms with van der Waals surface area (Å²) in [4.78, 5) is 0. The molecule has 6 nitrogen and oxygen atoms in total. The normalized spacial score (nSPS) is 13.4. The number of aliphatic hydroxyl groups is 1. The van der Waals surface area contributed by atoms with Crippen molar-refractivity contribution >= 4 is 10.1 Å². The van der Waals surface area contributed by atoms with E-state index in [4.69, 9.17) is 5.11 Å². The van der Waals surface area contributed by atoms with Gasteiger partial charge in [-0.3, -0.25) is 4.68 Å². The zero-order chi connectivity index (χ0) is 10.2. The van der Waals surface area contributed by atoms with Gasteiger partial charge >= 0.3 is 29.6 Å². The molecule has 1 heterocycles. The van der Waals surface area contributed by atoms with Crippen LogP contribution in [0, 0.1) is 6.92 Å². The quantitative estimate of drug-likeness (QED) is 0.415. The Balaban J connectivity index is 0.00000169. The largest absolute Gasteiger partial charge is 1.00 e. The number of rotatable bonds is 2. The van der Waals surface area contributed by atoms with Gasteiger partial charge in [0.2, 0.25) is 0 Å². The molecule has 0 aromatic carbocycles. The van der Waals surface area contributed by atoms with Crippen LogP contribution in [0.1, 0.15) is 16.7 Å². The van der Waals surface area contributed by atoms with Gasteiger partial charge in [-0.25, -0.2) is 8.42 Å². The molecule has 1 rings (SSSR count). The molecule has 0 saturated heterocycles. The van der Waals surface area contributed by atoms with E-state index < -0.39 is 15.6 Å². The van der Waals surface area contributed by atoms with Crippen LogP contribution < -0.4 is 29.6 Å². The van der Waals surface area contributed by atoms with E-state index in [1.165, 1.54) is 17.8 Å². The summed E-state index contributed by atoms with van der Waals surface area (Å²) in [5.41, 5.74) is -1.67. The van der Waals surface area contributed by atoms with Crippen molar-refractivity contribution in [2.45, 2.75) is 12.4 Å². The predicted octanol–water partition coefficient (Wildman–Crippen LogP) is -3.73. The Morgan fingerprint density at radius 3 is 2.43 bits per heavy atom. The zero-order valence-electron chi connectivity index (χ0n) is 8.13. The van der Waals surface area contributed by atoms with Crippen LogP contribution in [0.4, 0.5) is 0 Å². The summed E-state index contributed by atoms with van der Waals surface area (Å²) in [6.07, 6.45) is 1.30. The third-order valence-corrected chi connectivity index (χ3v) is 2.39.